The monoisotopic (exact) mass is 504 g/mol. The van der Waals surface area contributed by atoms with Crippen molar-refractivity contribution in [1.82, 2.24) is 15.1 Å². The molecule has 1 aromatic rings. The molecule has 0 aromatic heterocycles. The zero-order valence-corrected chi connectivity index (χ0v) is 22.2. The third-order valence-electron chi connectivity index (χ3n) is 7.07. The molecule has 2 atom stereocenters. The molecule has 35 heavy (non-hydrogen) atoms. The number of carbonyl (C=O) groups excluding carboxylic acids is 3. The number of hydrogen-bond acceptors (Lipinski definition) is 4. The summed E-state index contributed by atoms with van der Waals surface area (Å²) in [5, 5.41) is 3.51. The summed E-state index contributed by atoms with van der Waals surface area (Å²) in [6, 6.07) is 6.87. The number of amides is 3. The predicted octanol–water partition coefficient (Wildman–Crippen LogP) is 3.52. The molecule has 1 heterocycles. The first-order chi connectivity index (χ1) is 16.6. The lowest BCUT2D eigenvalue weighted by Crippen LogP contribution is -2.54. The molecule has 2 unspecified atom stereocenters. The van der Waals surface area contributed by atoms with Crippen LogP contribution in [-0.4, -0.2) is 65.3 Å². The van der Waals surface area contributed by atoms with Gasteiger partial charge in [-0.15, -0.1) is 0 Å². The van der Waals surface area contributed by atoms with E-state index in [1.54, 1.807) is 12.1 Å². The van der Waals surface area contributed by atoms with Gasteiger partial charge in [0, 0.05) is 49.0 Å². The Morgan fingerprint density at radius 3 is 2.34 bits per heavy atom. The highest BCUT2D eigenvalue weighted by Gasteiger charge is 2.41. The van der Waals surface area contributed by atoms with Crippen LogP contribution in [0.1, 0.15) is 71.3 Å². The fraction of sp³-hybridized carbons (Fsp3) is 0.667. The molecule has 1 saturated heterocycles. The predicted molar refractivity (Wildman–Crippen MR) is 139 cm³/mol. The van der Waals surface area contributed by atoms with E-state index in [1.807, 2.05) is 37.8 Å². The molecule has 8 heteroatoms. The molecule has 7 nitrogen and oxygen atoms in total. The number of halogens is 1. The molecule has 1 saturated carbocycles. The van der Waals surface area contributed by atoms with Crippen LogP contribution < -0.4 is 11.1 Å². The van der Waals surface area contributed by atoms with Crippen molar-refractivity contribution in [3.63, 3.8) is 0 Å². The average molecular weight is 505 g/mol. The number of rotatable bonds is 8. The Bertz CT molecular complexity index is 877. The number of carbonyl (C=O) groups is 3. The first-order valence-electron chi connectivity index (χ1n) is 13.0. The average Bonchev–Trinajstić information content (AvgIpc) is 3.29. The second-order valence-corrected chi connectivity index (χ2v) is 11.4. The first-order valence-corrected chi connectivity index (χ1v) is 13.3. The van der Waals surface area contributed by atoms with Crippen LogP contribution in [0.15, 0.2) is 24.3 Å². The summed E-state index contributed by atoms with van der Waals surface area (Å²) in [6.07, 6.45) is 6.87. The lowest BCUT2D eigenvalue weighted by molar-refractivity contribution is -0.146. The second-order valence-electron chi connectivity index (χ2n) is 11.0. The lowest BCUT2D eigenvalue weighted by atomic mass is 9.88. The number of nitrogens with two attached hydrogens (primary N) is 1. The van der Waals surface area contributed by atoms with Crippen molar-refractivity contribution in [2.24, 2.45) is 11.1 Å². The molecule has 1 aliphatic heterocycles. The molecule has 2 aliphatic rings. The fourth-order valence-corrected chi connectivity index (χ4v) is 5.35. The van der Waals surface area contributed by atoms with E-state index < -0.39 is 11.5 Å². The van der Waals surface area contributed by atoms with Crippen molar-refractivity contribution in [3.8, 4) is 0 Å². The summed E-state index contributed by atoms with van der Waals surface area (Å²) in [5.41, 5.74) is 6.00. The Kier molecular flexibility index (Phi) is 9.59. The van der Waals surface area contributed by atoms with E-state index in [9.17, 15) is 14.4 Å². The van der Waals surface area contributed by atoms with Gasteiger partial charge in [-0.25, -0.2) is 0 Å². The molecule has 3 N–H and O–H groups in total. The zero-order valence-electron chi connectivity index (χ0n) is 21.4. The Morgan fingerprint density at radius 2 is 1.74 bits per heavy atom. The Balaban J connectivity index is 1.76. The molecule has 0 spiro atoms. The normalized spacial score (nSPS) is 19.9. The van der Waals surface area contributed by atoms with Gasteiger partial charge in [-0.1, -0.05) is 63.8 Å². The minimum absolute atomic E-state index is 0.00435. The molecular formula is C27H41ClN4O3. The second kappa shape index (κ2) is 12.2. The highest BCUT2D eigenvalue weighted by Crippen LogP contribution is 2.32. The van der Waals surface area contributed by atoms with Gasteiger partial charge >= 0.3 is 0 Å². The van der Waals surface area contributed by atoms with Crippen LogP contribution >= 0.6 is 11.6 Å². The van der Waals surface area contributed by atoms with Crippen LogP contribution in [-0.2, 0) is 20.8 Å². The summed E-state index contributed by atoms with van der Waals surface area (Å²) < 4.78 is 0. The molecular weight excluding hydrogens is 464 g/mol. The summed E-state index contributed by atoms with van der Waals surface area (Å²) in [5.74, 6) is -0.181. The van der Waals surface area contributed by atoms with Gasteiger partial charge in [-0.2, -0.15) is 0 Å². The van der Waals surface area contributed by atoms with Gasteiger partial charge in [0.15, 0.2) is 0 Å². The summed E-state index contributed by atoms with van der Waals surface area (Å²) in [7, 11) is 0. The maximum atomic E-state index is 13.6. The van der Waals surface area contributed by atoms with E-state index >= 15 is 0 Å². The highest BCUT2D eigenvalue weighted by atomic mass is 35.5. The molecule has 1 aliphatic carbocycles. The number of hydrogen-bond donors (Lipinski definition) is 2. The topological polar surface area (TPSA) is 95.7 Å². The molecule has 3 amide bonds. The van der Waals surface area contributed by atoms with E-state index in [-0.39, 0.29) is 42.8 Å². The Labute approximate surface area is 214 Å². The summed E-state index contributed by atoms with van der Waals surface area (Å²) >= 11 is 6.02. The van der Waals surface area contributed by atoms with Gasteiger partial charge in [0.1, 0.15) is 6.04 Å². The van der Waals surface area contributed by atoms with Gasteiger partial charge < -0.3 is 20.9 Å². The third-order valence-corrected chi connectivity index (χ3v) is 7.32. The van der Waals surface area contributed by atoms with E-state index in [0.717, 1.165) is 37.7 Å². The van der Waals surface area contributed by atoms with Crippen molar-refractivity contribution in [1.29, 1.82) is 0 Å². The van der Waals surface area contributed by atoms with Crippen LogP contribution in [0.5, 0.6) is 0 Å². The number of benzene rings is 1. The molecule has 0 radical (unpaired) electrons. The smallest absolute Gasteiger partial charge is 0.245 e. The van der Waals surface area contributed by atoms with E-state index in [2.05, 4.69) is 10.2 Å². The fourth-order valence-electron chi connectivity index (χ4n) is 5.22. The van der Waals surface area contributed by atoms with Crippen molar-refractivity contribution >= 4 is 29.3 Å². The lowest BCUT2D eigenvalue weighted by Gasteiger charge is -2.42. The molecule has 2 fully saturated rings. The maximum Gasteiger partial charge on any atom is 0.245 e. The Hall–Kier alpha value is -2.12. The maximum absolute atomic E-state index is 13.6. The van der Waals surface area contributed by atoms with E-state index in [0.29, 0.717) is 24.5 Å². The number of nitrogens with zero attached hydrogens (tertiary/aromatic N) is 2. The first kappa shape index (κ1) is 27.5. The third kappa shape index (κ3) is 7.43. The van der Waals surface area contributed by atoms with Crippen LogP contribution in [0.4, 0.5) is 0 Å². The summed E-state index contributed by atoms with van der Waals surface area (Å²) in [4.78, 5) is 43.4. The minimum atomic E-state index is -0.685. The standard InChI is InChI=1S/C27H41ClN4O3/c1-27(2,3)26(35)32(21-7-5-4-6-8-21)22-14-16-31(18-22)25(34)23(30-24(33)13-15-29)17-19-9-11-20(28)12-10-19/h9-12,21-23H,4-8,13-18,29H2,1-3H3,(H,30,33). The number of likely N-dealkylation sites (tertiary alicyclic amines) is 1. The van der Waals surface area contributed by atoms with E-state index in [4.69, 9.17) is 17.3 Å². The van der Waals surface area contributed by atoms with E-state index in [1.165, 1.54) is 6.42 Å². The molecule has 3 rings (SSSR count). The van der Waals surface area contributed by atoms with Crippen molar-refractivity contribution in [3.05, 3.63) is 34.9 Å². The van der Waals surface area contributed by atoms with Crippen LogP contribution in [0.3, 0.4) is 0 Å². The van der Waals surface area contributed by atoms with Gasteiger partial charge in [-0.3, -0.25) is 14.4 Å². The largest absolute Gasteiger partial charge is 0.344 e. The zero-order chi connectivity index (χ0) is 25.6. The summed E-state index contributed by atoms with van der Waals surface area (Å²) in [6.45, 7) is 7.22. The van der Waals surface area contributed by atoms with Crippen LogP contribution in [0.2, 0.25) is 5.02 Å². The van der Waals surface area contributed by atoms with Crippen molar-refractivity contribution < 1.29 is 14.4 Å². The van der Waals surface area contributed by atoms with Crippen LogP contribution in [0.25, 0.3) is 0 Å². The van der Waals surface area contributed by atoms with Gasteiger partial charge in [0.2, 0.25) is 17.7 Å². The number of nitrogens with one attached hydrogen (secondary N) is 1. The molecule has 194 valence electrons. The van der Waals surface area contributed by atoms with Crippen molar-refractivity contribution in [2.45, 2.75) is 90.3 Å². The SMILES string of the molecule is CC(C)(C)C(=O)N(C1CCCCC1)C1CCN(C(=O)C(Cc2ccc(Cl)cc2)NC(=O)CCN)C1. The van der Waals surface area contributed by atoms with Crippen molar-refractivity contribution in [2.75, 3.05) is 19.6 Å². The quantitative estimate of drug-likeness (QED) is 0.566. The molecule has 0 bridgehead atoms. The molecule has 1 aromatic carbocycles. The Morgan fingerprint density at radius 1 is 1.09 bits per heavy atom. The van der Waals surface area contributed by atoms with Gasteiger partial charge in [-0.05, 0) is 37.0 Å². The van der Waals surface area contributed by atoms with Crippen LogP contribution in [0, 0.1) is 5.41 Å². The van der Waals surface area contributed by atoms with Gasteiger partial charge in [0.05, 0.1) is 6.04 Å². The van der Waals surface area contributed by atoms with Gasteiger partial charge in [0.25, 0.3) is 0 Å². The minimum Gasteiger partial charge on any atom is -0.344 e. The highest BCUT2D eigenvalue weighted by molar-refractivity contribution is 6.30.